The van der Waals surface area contributed by atoms with Crippen LogP contribution >= 0.6 is 7.26 Å². The van der Waals surface area contributed by atoms with Crippen molar-refractivity contribution in [3.63, 3.8) is 0 Å². The first-order valence-corrected chi connectivity index (χ1v) is 24.5. The molecule has 14 nitrogen and oxygen atoms in total. The smallest absolute Gasteiger partial charge is 0.351 e. The molecule has 1 aromatic heterocycles. The molecule has 9 rings (SSSR count). The van der Waals surface area contributed by atoms with Gasteiger partial charge in [0.1, 0.15) is 65.0 Å². The number of hydrogen-bond acceptors (Lipinski definition) is 11. The molecule has 0 radical (unpaired) electrons. The maximum absolute atomic E-state index is 13.5. The first-order chi connectivity index (χ1) is 33.5. The molecule has 6 aromatic rings. The van der Waals surface area contributed by atoms with Gasteiger partial charge in [0.15, 0.2) is 5.43 Å². The zero-order valence-electron chi connectivity index (χ0n) is 37.1. The van der Waals surface area contributed by atoms with Crippen molar-refractivity contribution in [2.75, 3.05) is 18.1 Å². The van der Waals surface area contributed by atoms with E-state index in [2.05, 4.69) is 83.1 Å². The summed E-state index contributed by atoms with van der Waals surface area (Å²) in [5.74, 6) is -2.53. The highest BCUT2D eigenvalue weighted by Gasteiger charge is 2.44. The number of carbonyl (C=O) groups is 3. The summed E-state index contributed by atoms with van der Waals surface area (Å²) in [7, 11) is -1.98. The van der Waals surface area contributed by atoms with Crippen molar-refractivity contribution in [3.05, 3.63) is 190 Å². The monoisotopic (exact) mass is 944 g/mol. The Hall–Kier alpha value is -7.77. The Morgan fingerprint density at radius 1 is 0.768 bits per heavy atom. The molecule has 3 aliphatic rings. The SMILES string of the molecule is O=C(CCCCC[P+](c1ccccc1)(c1ccccc1)c1ccccc1)OC[C@H]1O[C@@H](n2ccc(NC(=O)c3ccc(-c4c5ccc(=O)cc-5oc5cc(O)ccc45)c(C(=O)O)c3)nc2=O)C[C@@H]1O. The third kappa shape index (κ3) is 9.82. The van der Waals surface area contributed by atoms with E-state index >= 15 is 0 Å². The molecule has 3 heterocycles. The molecule has 1 saturated heterocycles. The first-order valence-electron chi connectivity index (χ1n) is 22.5. The van der Waals surface area contributed by atoms with E-state index < -0.39 is 49.2 Å². The van der Waals surface area contributed by atoms with Gasteiger partial charge in [-0.1, -0.05) is 60.7 Å². The van der Waals surface area contributed by atoms with Crippen LogP contribution in [0.2, 0.25) is 0 Å². The Balaban J connectivity index is 0.803. The predicted molar refractivity (Wildman–Crippen MR) is 264 cm³/mol. The summed E-state index contributed by atoms with van der Waals surface area (Å²) in [4.78, 5) is 68.5. The molecule has 348 valence electrons. The molecule has 0 bridgehead atoms. The van der Waals surface area contributed by atoms with Gasteiger partial charge in [-0.25, -0.2) is 9.59 Å². The van der Waals surface area contributed by atoms with Crippen molar-refractivity contribution in [2.24, 2.45) is 0 Å². The van der Waals surface area contributed by atoms with Crippen molar-refractivity contribution < 1.29 is 43.6 Å². The van der Waals surface area contributed by atoms with Crippen molar-refractivity contribution in [1.82, 2.24) is 9.55 Å². The van der Waals surface area contributed by atoms with Gasteiger partial charge in [0.2, 0.25) is 0 Å². The summed E-state index contributed by atoms with van der Waals surface area (Å²) < 4.78 is 18.6. The number of benzene rings is 6. The van der Waals surface area contributed by atoms with Gasteiger partial charge in [-0.3, -0.25) is 19.0 Å². The van der Waals surface area contributed by atoms with Crippen LogP contribution in [0.4, 0.5) is 5.82 Å². The molecule has 3 atom stereocenters. The first kappa shape index (κ1) is 46.3. The number of esters is 1. The Bertz CT molecular complexity index is 3160. The molecule has 5 aromatic carbocycles. The zero-order chi connectivity index (χ0) is 48.1. The number of nitrogens with one attached hydrogen (secondary N) is 1. The number of carboxylic acids is 1. The van der Waals surface area contributed by atoms with E-state index in [0.717, 1.165) is 23.6 Å². The molecule has 4 N–H and O–H groups in total. The van der Waals surface area contributed by atoms with Gasteiger partial charge in [0, 0.05) is 53.2 Å². The van der Waals surface area contributed by atoms with Crippen LogP contribution in [0.25, 0.3) is 33.4 Å². The van der Waals surface area contributed by atoms with E-state index in [1.165, 1.54) is 76.7 Å². The number of phenolic OH excluding ortho intramolecular Hbond substituents is 1. The summed E-state index contributed by atoms with van der Waals surface area (Å²) in [5.41, 5.74) is -0.114. The van der Waals surface area contributed by atoms with E-state index in [4.69, 9.17) is 13.9 Å². The summed E-state index contributed by atoms with van der Waals surface area (Å²) in [6.07, 6.45) is 2.01. The van der Waals surface area contributed by atoms with Crippen LogP contribution in [0.3, 0.4) is 0 Å². The van der Waals surface area contributed by atoms with Crippen molar-refractivity contribution in [3.8, 4) is 28.2 Å². The van der Waals surface area contributed by atoms with E-state index in [9.17, 15) is 39.3 Å². The van der Waals surface area contributed by atoms with E-state index in [0.29, 0.717) is 22.9 Å². The van der Waals surface area contributed by atoms with Crippen LogP contribution in [-0.4, -0.2) is 67.7 Å². The molecule has 15 heteroatoms. The van der Waals surface area contributed by atoms with E-state index in [1.807, 2.05) is 18.2 Å². The zero-order valence-corrected chi connectivity index (χ0v) is 38.0. The number of carboxylic acid groups (broad SMARTS) is 1. The number of aliphatic hydroxyl groups excluding tert-OH is 1. The number of fused-ring (bicyclic) bond motifs is 2. The number of carbonyl (C=O) groups excluding carboxylic acids is 2. The van der Waals surface area contributed by atoms with E-state index in [1.54, 1.807) is 6.07 Å². The van der Waals surface area contributed by atoms with Crippen LogP contribution in [-0.2, 0) is 14.3 Å². The number of ether oxygens (including phenoxy) is 2. The summed E-state index contributed by atoms with van der Waals surface area (Å²) >= 11 is 0. The number of unbranched alkanes of at least 4 members (excludes halogenated alkanes) is 2. The van der Waals surface area contributed by atoms with Crippen molar-refractivity contribution >= 4 is 57.8 Å². The van der Waals surface area contributed by atoms with Gasteiger partial charge >= 0.3 is 17.6 Å². The average molecular weight is 945 g/mol. The molecule has 2 aliphatic heterocycles. The number of phenols is 1. The molecule has 1 amide bonds. The Morgan fingerprint density at radius 3 is 2.09 bits per heavy atom. The molecule has 0 spiro atoms. The third-order valence-electron chi connectivity index (χ3n) is 12.4. The number of anilines is 1. The topological polar surface area (TPSA) is 207 Å². The molecule has 0 saturated carbocycles. The predicted octanol–water partition coefficient (Wildman–Crippen LogP) is 7.52. The Labute approximate surface area is 396 Å². The fourth-order valence-electron chi connectivity index (χ4n) is 9.08. The van der Waals surface area contributed by atoms with Gasteiger partial charge in [-0.05, 0) is 104 Å². The quantitative estimate of drug-likeness (QED) is 0.0321. The van der Waals surface area contributed by atoms with Gasteiger partial charge < -0.3 is 34.5 Å². The number of aromatic nitrogens is 2. The summed E-state index contributed by atoms with van der Waals surface area (Å²) in [5, 5.41) is 38.2. The second-order valence-corrected chi connectivity index (χ2v) is 20.4. The Kier molecular flexibility index (Phi) is 13.6. The lowest BCUT2D eigenvalue weighted by molar-refractivity contribution is -0.150. The highest BCUT2D eigenvalue weighted by Crippen LogP contribution is 2.56. The Morgan fingerprint density at radius 2 is 1.43 bits per heavy atom. The van der Waals surface area contributed by atoms with Crippen LogP contribution in [0.1, 0.15) is 59.0 Å². The highest BCUT2D eigenvalue weighted by molar-refractivity contribution is 7.95. The van der Waals surface area contributed by atoms with Crippen molar-refractivity contribution in [1.29, 1.82) is 0 Å². The minimum atomic E-state index is -1.98. The lowest BCUT2D eigenvalue weighted by atomic mass is 9.90. The minimum absolute atomic E-state index is 0.0220. The van der Waals surface area contributed by atoms with Gasteiger partial charge in [0.05, 0.1) is 17.8 Å². The third-order valence-corrected chi connectivity index (χ3v) is 16.9. The van der Waals surface area contributed by atoms with Crippen LogP contribution < -0.4 is 32.3 Å². The number of hydrogen-bond donors (Lipinski definition) is 4. The van der Waals surface area contributed by atoms with Crippen LogP contribution in [0, 0.1) is 0 Å². The number of amides is 1. The number of aliphatic hydroxyl groups is 1. The van der Waals surface area contributed by atoms with Gasteiger partial charge in [-0.2, -0.15) is 4.98 Å². The van der Waals surface area contributed by atoms with Crippen LogP contribution in [0.5, 0.6) is 5.75 Å². The minimum Gasteiger partial charge on any atom is -0.508 e. The fraction of sp³-hybridized carbons (Fsp3) is 0.185. The maximum atomic E-state index is 13.5. The number of aromatic hydroxyl groups is 1. The average Bonchev–Trinajstić information content (AvgIpc) is 3.73. The summed E-state index contributed by atoms with van der Waals surface area (Å²) in [6, 6.07) is 45.9. The molecule has 1 aliphatic carbocycles. The molecular formula is C54H47N3O11P+. The molecule has 1 fully saturated rings. The lowest BCUT2D eigenvalue weighted by Crippen LogP contribution is -2.33. The van der Waals surface area contributed by atoms with Gasteiger partial charge in [-0.15, -0.1) is 0 Å². The fourth-order valence-corrected chi connectivity index (χ4v) is 13.5. The van der Waals surface area contributed by atoms with E-state index in [-0.39, 0.29) is 64.5 Å². The second kappa shape index (κ2) is 20.2. The molecule has 0 unspecified atom stereocenters. The molecule has 69 heavy (non-hydrogen) atoms. The van der Waals surface area contributed by atoms with Crippen LogP contribution in [0.15, 0.2) is 172 Å². The van der Waals surface area contributed by atoms with Gasteiger partial charge in [0.25, 0.3) is 5.91 Å². The van der Waals surface area contributed by atoms with Crippen molar-refractivity contribution in [2.45, 2.75) is 50.5 Å². The number of aromatic carboxylic acids is 1. The highest BCUT2D eigenvalue weighted by atomic mass is 31.2. The largest absolute Gasteiger partial charge is 0.508 e. The summed E-state index contributed by atoms with van der Waals surface area (Å²) in [6.45, 7) is -0.203. The lowest BCUT2D eigenvalue weighted by Gasteiger charge is -2.27. The molecular weight excluding hydrogens is 898 g/mol. The number of nitrogens with zero attached hydrogens (tertiary/aromatic N) is 2. The standard InChI is InChI=1S/C54H46N3O11P/c58-35-21-24-41-45(30-35)67-46-31-36(59)22-25-42(46)51(41)40-23-20-34(29-43(40)53(63)64)52(62)55-48-26-27-57(54(65)56-48)49-32-44(60)47(68-49)33-66-50(61)19-11-4-12-28-69(37-13-5-1-6-14-37,38-15-7-2-8-16-38)39-17-9-3-10-18-39/h1-3,5-10,13-18,20-27,29-31,44,47,49,60H,4,11-12,19,28,32-33H2,(H2-,55,56,58,59,62,63,64,65)/p+1/t44-,47+,49+/m0/s1. The number of rotatable bonds is 16. The maximum Gasteiger partial charge on any atom is 0.351 e. The second-order valence-electron chi connectivity index (χ2n) is 16.8. The normalized spacial score (nSPS) is 15.8.